The van der Waals surface area contributed by atoms with Gasteiger partial charge in [-0.05, 0) is 13.8 Å². The first kappa shape index (κ1) is 12.2. The normalized spacial score (nSPS) is 10.2. The van der Waals surface area contributed by atoms with Gasteiger partial charge in [0.1, 0.15) is 5.82 Å². The second-order valence-corrected chi connectivity index (χ2v) is 3.85. The van der Waals surface area contributed by atoms with Crippen molar-refractivity contribution in [1.82, 2.24) is 15.3 Å². The Labute approximate surface area is 93.7 Å². The van der Waals surface area contributed by atoms with Crippen molar-refractivity contribution >= 4 is 11.7 Å². The number of H-pyrrole nitrogens is 1. The molecule has 0 aliphatic carbocycles. The first-order valence-corrected chi connectivity index (χ1v) is 5.04. The Morgan fingerprint density at radius 2 is 2.31 bits per heavy atom. The Morgan fingerprint density at radius 1 is 1.62 bits per heavy atom. The second kappa shape index (κ2) is 5.29. The average molecular weight is 224 g/mol. The van der Waals surface area contributed by atoms with Crippen LogP contribution >= 0.6 is 0 Å². The average Bonchev–Trinajstić information content (AvgIpc) is 2.16. The molecule has 0 aliphatic rings. The quantitative estimate of drug-likeness (QED) is 0.738. The highest BCUT2D eigenvalue weighted by atomic mass is 16.2. The molecule has 6 heteroatoms. The molecule has 0 bridgehead atoms. The molecule has 0 aliphatic heterocycles. The summed E-state index contributed by atoms with van der Waals surface area (Å²) >= 11 is 0. The van der Waals surface area contributed by atoms with Crippen molar-refractivity contribution in [3.63, 3.8) is 0 Å². The lowest BCUT2D eigenvalue weighted by atomic mass is 10.4. The number of aromatic nitrogens is 2. The topological polar surface area (TPSA) is 78.1 Å². The van der Waals surface area contributed by atoms with E-state index in [9.17, 15) is 9.59 Å². The molecule has 6 nitrogen and oxygen atoms in total. The van der Waals surface area contributed by atoms with E-state index < -0.39 is 0 Å². The number of hydrogen-bond acceptors (Lipinski definition) is 4. The summed E-state index contributed by atoms with van der Waals surface area (Å²) in [7, 11) is 1.71. The summed E-state index contributed by atoms with van der Waals surface area (Å²) in [5.41, 5.74) is -0.235. The first-order valence-electron chi connectivity index (χ1n) is 5.04. The molecule has 0 saturated heterocycles. The predicted octanol–water partition coefficient (Wildman–Crippen LogP) is -0.269. The molecule has 1 aromatic rings. The molecule has 0 unspecified atom stereocenters. The molecular weight excluding hydrogens is 208 g/mol. The van der Waals surface area contributed by atoms with Crippen molar-refractivity contribution in [1.29, 1.82) is 0 Å². The molecule has 0 radical (unpaired) electrons. The number of carbonyl (C=O) groups is 1. The zero-order valence-electron chi connectivity index (χ0n) is 9.65. The molecule has 88 valence electrons. The summed E-state index contributed by atoms with van der Waals surface area (Å²) < 4.78 is 0. The minimum atomic E-state index is -0.235. The van der Waals surface area contributed by atoms with Crippen LogP contribution in [0.3, 0.4) is 0 Å². The molecule has 1 aromatic heterocycles. The fraction of sp³-hybridized carbons (Fsp3) is 0.500. The van der Waals surface area contributed by atoms with Crippen molar-refractivity contribution in [2.45, 2.75) is 19.9 Å². The Hall–Kier alpha value is -1.85. The maximum atomic E-state index is 11.5. The summed E-state index contributed by atoms with van der Waals surface area (Å²) in [6, 6.07) is 1.45. The van der Waals surface area contributed by atoms with Crippen LogP contribution in [0.25, 0.3) is 0 Å². The number of aromatic amines is 1. The third-order valence-corrected chi connectivity index (χ3v) is 1.89. The lowest BCUT2D eigenvalue weighted by molar-refractivity contribution is -0.120. The Kier molecular flexibility index (Phi) is 4.04. The van der Waals surface area contributed by atoms with Crippen LogP contribution in [0.15, 0.2) is 17.2 Å². The highest BCUT2D eigenvalue weighted by Gasteiger charge is 2.09. The van der Waals surface area contributed by atoms with E-state index in [2.05, 4.69) is 15.3 Å². The van der Waals surface area contributed by atoms with Gasteiger partial charge >= 0.3 is 0 Å². The van der Waals surface area contributed by atoms with Gasteiger partial charge in [-0.2, -0.15) is 0 Å². The number of hydrogen-bond donors (Lipinski definition) is 2. The number of nitrogens with one attached hydrogen (secondary N) is 2. The molecule has 0 aromatic carbocycles. The van der Waals surface area contributed by atoms with Gasteiger partial charge in [0.2, 0.25) is 5.91 Å². The predicted molar refractivity (Wildman–Crippen MR) is 61.4 cm³/mol. The molecule has 16 heavy (non-hydrogen) atoms. The van der Waals surface area contributed by atoms with Crippen LogP contribution in [0.5, 0.6) is 0 Å². The largest absolute Gasteiger partial charge is 0.352 e. The van der Waals surface area contributed by atoms with Crippen LogP contribution in [0.4, 0.5) is 5.82 Å². The van der Waals surface area contributed by atoms with Crippen LogP contribution in [0, 0.1) is 0 Å². The first-order chi connectivity index (χ1) is 7.49. The van der Waals surface area contributed by atoms with Gasteiger partial charge in [0, 0.05) is 19.2 Å². The van der Waals surface area contributed by atoms with E-state index in [1.807, 2.05) is 13.8 Å². The molecule has 0 saturated carbocycles. The van der Waals surface area contributed by atoms with Crippen molar-refractivity contribution in [3.8, 4) is 0 Å². The number of likely N-dealkylation sites (N-methyl/N-ethyl adjacent to an activating group) is 1. The van der Waals surface area contributed by atoms with Crippen LogP contribution in [0.1, 0.15) is 13.8 Å². The minimum Gasteiger partial charge on any atom is -0.352 e. The number of carbonyl (C=O) groups excluding carboxylic acids is 1. The molecule has 1 heterocycles. The van der Waals surface area contributed by atoms with Crippen LogP contribution in [-0.4, -0.2) is 35.5 Å². The van der Waals surface area contributed by atoms with Crippen molar-refractivity contribution in [2.24, 2.45) is 0 Å². The lowest BCUT2D eigenvalue weighted by Gasteiger charge is -2.17. The summed E-state index contributed by atoms with van der Waals surface area (Å²) in [4.78, 5) is 30.5. The van der Waals surface area contributed by atoms with Gasteiger partial charge in [-0.15, -0.1) is 0 Å². The molecule has 2 N–H and O–H groups in total. The van der Waals surface area contributed by atoms with E-state index in [4.69, 9.17) is 0 Å². The summed E-state index contributed by atoms with van der Waals surface area (Å²) in [5.74, 6) is 0.377. The fourth-order valence-corrected chi connectivity index (χ4v) is 1.23. The lowest BCUT2D eigenvalue weighted by Crippen LogP contribution is -2.39. The number of nitrogens with zero attached hydrogens (tertiary/aromatic N) is 2. The van der Waals surface area contributed by atoms with E-state index in [0.29, 0.717) is 5.82 Å². The highest BCUT2D eigenvalue weighted by Crippen LogP contribution is 2.01. The monoisotopic (exact) mass is 224 g/mol. The molecule has 0 atom stereocenters. The SMILES string of the molecule is CC(C)NC(=O)CN(C)c1cc(=O)[nH]cn1. The Morgan fingerprint density at radius 3 is 2.88 bits per heavy atom. The molecule has 1 rings (SSSR count). The standard InChI is InChI=1S/C10H16N4O2/c1-7(2)13-10(16)5-14(3)8-4-9(15)12-6-11-8/h4,6-7H,5H2,1-3H3,(H,13,16)(H,11,12,15). The molecule has 0 spiro atoms. The van der Waals surface area contributed by atoms with E-state index in [1.54, 1.807) is 11.9 Å². The number of anilines is 1. The Bertz CT molecular complexity index is 413. The van der Waals surface area contributed by atoms with Gasteiger partial charge in [0.05, 0.1) is 12.9 Å². The van der Waals surface area contributed by atoms with Crippen molar-refractivity contribution in [3.05, 3.63) is 22.7 Å². The third kappa shape index (κ3) is 3.72. The second-order valence-electron chi connectivity index (χ2n) is 3.85. The summed E-state index contributed by atoms with van der Waals surface area (Å²) in [5, 5.41) is 2.76. The molecule has 1 amide bonds. The zero-order chi connectivity index (χ0) is 12.1. The minimum absolute atomic E-state index is 0.0976. The third-order valence-electron chi connectivity index (χ3n) is 1.89. The van der Waals surface area contributed by atoms with Crippen molar-refractivity contribution in [2.75, 3.05) is 18.5 Å². The summed E-state index contributed by atoms with van der Waals surface area (Å²) in [6.45, 7) is 3.96. The van der Waals surface area contributed by atoms with E-state index >= 15 is 0 Å². The van der Waals surface area contributed by atoms with E-state index in [-0.39, 0.29) is 24.1 Å². The van der Waals surface area contributed by atoms with E-state index in [0.717, 1.165) is 0 Å². The van der Waals surface area contributed by atoms with Crippen molar-refractivity contribution < 1.29 is 4.79 Å². The number of rotatable bonds is 4. The smallest absolute Gasteiger partial charge is 0.252 e. The zero-order valence-corrected chi connectivity index (χ0v) is 9.65. The summed E-state index contributed by atoms with van der Waals surface area (Å²) in [6.07, 6.45) is 1.31. The maximum absolute atomic E-state index is 11.5. The molecule has 0 fully saturated rings. The van der Waals surface area contributed by atoms with Gasteiger partial charge in [-0.1, -0.05) is 0 Å². The van der Waals surface area contributed by atoms with Crippen LogP contribution in [0.2, 0.25) is 0 Å². The van der Waals surface area contributed by atoms with E-state index in [1.165, 1.54) is 12.4 Å². The Balaban J connectivity index is 2.62. The van der Waals surface area contributed by atoms with Gasteiger partial charge in [0.25, 0.3) is 5.56 Å². The maximum Gasteiger partial charge on any atom is 0.252 e. The fourth-order valence-electron chi connectivity index (χ4n) is 1.23. The number of amides is 1. The van der Waals surface area contributed by atoms with Gasteiger partial charge in [-0.25, -0.2) is 4.98 Å². The van der Waals surface area contributed by atoms with Gasteiger partial charge < -0.3 is 15.2 Å². The van der Waals surface area contributed by atoms with Crippen LogP contribution in [-0.2, 0) is 4.79 Å². The van der Waals surface area contributed by atoms with Crippen LogP contribution < -0.4 is 15.8 Å². The highest BCUT2D eigenvalue weighted by molar-refractivity contribution is 5.81. The molecular formula is C10H16N4O2. The van der Waals surface area contributed by atoms with Gasteiger partial charge in [0.15, 0.2) is 0 Å². The van der Waals surface area contributed by atoms with Gasteiger partial charge in [-0.3, -0.25) is 9.59 Å².